The van der Waals surface area contributed by atoms with E-state index in [9.17, 15) is 13.2 Å². The number of ether oxygens (including phenoxy) is 1. The Morgan fingerprint density at radius 1 is 1.38 bits per heavy atom. The molecule has 1 saturated heterocycles. The molecule has 0 aromatic heterocycles. The van der Waals surface area contributed by atoms with E-state index in [1.54, 1.807) is 4.90 Å². The number of hydrogen-bond acceptors (Lipinski definition) is 2. The van der Waals surface area contributed by atoms with Crippen molar-refractivity contribution in [1.29, 1.82) is 0 Å². The number of morpholine rings is 1. The minimum Gasteiger partial charge on any atom is -0.378 e. The van der Waals surface area contributed by atoms with Gasteiger partial charge in [0.15, 0.2) is 0 Å². The maximum Gasteiger partial charge on any atom is 0.406 e. The molecule has 0 bridgehead atoms. The average Bonchev–Trinajstić information content (AvgIpc) is 2.98. The number of hydrogen-bond donors (Lipinski definition) is 0. The molecule has 2 rings (SSSR count). The SMILES string of the molecule is CCC1(CN2CCOC[C@H]2C(F)(F)F)CC1. The van der Waals surface area contributed by atoms with Crippen molar-refractivity contribution in [2.45, 2.75) is 38.4 Å². The topological polar surface area (TPSA) is 12.5 Å². The molecule has 2 aliphatic rings. The second-order valence-electron chi connectivity index (χ2n) is 4.96. The first-order chi connectivity index (χ1) is 7.47. The quantitative estimate of drug-likeness (QED) is 0.747. The van der Waals surface area contributed by atoms with Gasteiger partial charge in [0.05, 0.1) is 13.2 Å². The summed E-state index contributed by atoms with van der Waals surface area (Å²) in [4.78, 5) is 1.57. The van der Waals surface area contributed by atoms with Crippen LogP contribution < -0.4 is 0 Å². The van der Waals surface area contributed by atoms with Gasteiger partial charge in [0, 0.05) is 13.1 Å². The Bertz CT molecular complexity index is 250. The molecule has 16 heavy (non-hydrogen) atoms. The predicted molar refractivity (Wildman–Crippen MR) is 54.2 cm³/mol. The Balaban J connectivity index is 2.00. The van der Waals surface area contributed by atoms with E-state index in [-0.39, 0.29) is 12.0 Å². The molecule has 2 fully saturated rings. The van der Waals surface area contributed by atoms with Crippen LogP contribution in [0.2, 0.25) is 0 Å². The van der Waals surface area contributed by atoms with Crippen molar-refractivity contribution in [2.24, 2.45) is 5.41 Å². The van der Waals surface area contributed by atoms with Crippen LogP contribution in [0.1, 0.15) is 26.2 Å². The van der Waals surface area contributed by atoms with Gasteiger partial charge < -0.3 is 4.74 Å². The molecule has 0 N–H and O–H groups in total. The van der Waals surface area contributed by atoms with Crippen LogP contribution in [0, 0.1) is 5.41 Å². The van der Waals surface area contributed by atoms with Crippen LogP contribution in [0.3, 0.4) is 0 Å². The molecule has 0 unspecified atom stereocenters. The molecular weight excluding hydrogens is 219 g/mol. The minimum absolute atomic E-state index is 0.167. The monoisotopic (exact) mass is 237 g/mol. The van der Waals surface area contributed by atoms with E-state index in [1.807, 2.05) is 0 Å². The number of alkyl halides is 3. The van der Waals surface area contributed by atoms with E-state index >= 15 is 0 Å². The second-order valence-corrected chi connectivity index (χ2v) is 4.96. The Labute approximate surface area is 93.7 Å². The highest BCUT2D eigenvalue weighted by Crippen LogP contribution is 2.49. The molecule has 0 aromatic rings. The molecule has 2 nitrogen and oxygen atoms in total. The number of rotatable bonds is 3. The largest absolute Gasteiger partial charge is 0.406 e. The summed E-state index contributed by atoms with van der Waals surface area (Å²) in [6, 6.07) is -1.40. The maximum absolute atomic E-state index is 12.8. The van der Waals surface area contributed by atoms with E-state index in [1.165, 1.54) is 0 Å². The van der Waals surface area contributed by atoms with Crippen molar-refractivity contribution < 1.29 is 17.9 Å². The molecular formula is C11H18F3NO. The molecule has 1 aliphatic carbocycles. The third kappa shape index (κ3) is 2.51. The molecule has 0 amide bonds. The number of nitrogens with zero attached hydrogens (tertiary/aromatic N) is 1. The minimum atomic E-state index is -4.16. The zero-order valence-electron chi connectivity index (χ0n) is 9.52. The molecule has 1 saturated carbocycles. The van der Waals surface area contributed by atoms with Crippen molar-refractivity contribution in [3.8, 4) is 0 Å². The van der Waals surface area contributed by atoms with Crippen LogP contribution in [0.4, 0.5) is 13.2 Å². The summed E-state index contributed by atoms with van der Waals surface area (Å²) in [6.07, 6.45) is -1.03. The highest BCUT2D eigenvalue weighted by molar-refractivity contribution is 4.96. The van der Waals surface area contributed by atoms with Crippen molar-refractivity contribution >= 4 is 0 Å². The van der Waals surface area contributed by atoms with Crippen LogP contribution >= 0.6 is 0 Å². The highest BCUT2D eigenvalue weighted by Gasteiger charge is 2.49. The first-order valence-corrected chi connectivity index (χ1v) is 5.85. The summed E-state index contributed by atoms with van der Waals surface area (Å²) in [6.45, 7) is 3.27. The third-order valence-electron chi connectivity index (χ3n) is 3.86. The summed E-state index contributed by atoms with van der Waals surface area (Å²) >= 11 is 0. The predicted octanol–water partition coefficient (Wildman–Crippen LogP) is 2.44. The molecule has 1 heterocycles. The Hall–Kier alpha value is -0.290. The number of halogens is 3. The normalized spacial score (nSPS) is 30.4. The Morgan fingerprint density at radius 3 is 2.56 bits per heavy atom. The lowest BCUT2D eigenvalue weighted by atomic mass is 10.0. The fourth-order valence-corrected chi connectivity index (χ4v) is 2.36. The van der Waals surface area contributed by atoms with E-state index < -0.39 is 12.2 Å². The van der Waals surface area contributed by atoms with E-state index in [4.69, 9.17) is 4.74 Å². The van der Waals surface area contributed by atoms with Gasteiger partial charge in [-0.1, -0.05) is 6.92 Å². The van der Waals surface area contributed by atoms with Crippen molar-refractivity contribution in [2.75, 3.05) is 26.3 Å². The van der Waals surface area contributed by atoms with Crippen molar-refractivity contribution in [1.82, 2.24) is 4.90 Å². The highest BCUT2D eigenvalue weighted by atomic mass is 19.4. The Morgan fingerprint density at radius 2 is 2.06 bits per heavy atom. The molecule has 0 radical (unpaired) electrons. The maximum atomic E-state index is 12.8. The van der Waals surface area contributed by atoms with Crippen LogP contribution in [-0.4, -0.2) is 43.4 Å². The Kier molecular flexibility index (Phi) is 3.18. The molecule has 1 aliphatic heterocycles. The van der Waals surface area contributed by atoms with Crippen LogP contribution in [-0.2, 0) is 4.74 Å². The van der Waals surface area contributed by atoms with Crippen LogP contribution in [0.5, 0.6) is 0 Å². The van der Waals surface area contributed by atoms with Crippen LogP contribution in [0.25, 0.3) is 0 Å². The van der Waals surface area contributed by atoms with Gasteiger partial charge in [-0.2, -0.15) is 13.2 Å². The van der Waals surface area contributed by atoms with E-state index in [0.29, 0.717) is 19.7 Å². The fraction of sp³-hybridized carbons (Fsp3) is 1.00. The van der Waals surface area contributed by atoms with Gasteiger partial charge in [0.1, 0.15) is 6.04 Å². The standard InChI is InChI=1S/C11H18F3NO/c1-2-10(3-4-10)8-15-5-6-16-7-9(15)11(12,13)14/h9H,2-8H2,1H3/t9-/m0/s1. The molecule has 0 spiro atoms. The summed E-state index contributed by atoms with van der Waals surface area (Å²) in [5.41, 5.74) is 0.167. The van der Waals surface area contributed by atoms with Gasteiger partial charge in [-0.25, -0.2) is 0 Å². The summed E-state index contributed by atoms with van der Waals surface area (Å²) in [5, 5.41) is 0. The van der Waals surface area contributed by atoms with Crippen molar-refractivity contribution in [3.63, 3.8) is 0 Å². The molecule has 0 aromatic carbocycles. The average molecular weight is 237 g/mol. The summed E-state index contributed by atoms with van der Waals surface area (Å²) < 4.78 is 43.3. The second kappa shape index (κ2) is 4.18. The lowest BCUT2D eigenvalue weighted by Crippen LogP contribution is -2.54. The smallest absolute Gasteiger partial charge is 0.378 e. The summed E-state index contributed by atoms with van der Waals surface area (Å²) in [7, 11) is 0. The van der Waals surface area contributed by atoms with Gasteiger partial charge in [-0.3, -0.25) is 4.90 Å². The van der Waals surface area contributed by atoms with E-state index in [0.717, 1.165) is 19.3 Å². The first kappa shape index (κ1) is 12.2. The van der Waals surface area contributed by atoms with Gasteiger partial charge >= 0.3 is 6.18 Å². The zero-order chi connectivity index (χ0) is 11.8. The lowest BCUT2D eigenvalue weighted by Gasteiger charge is -2.38. The van der Waals surface area contributed by atoms with Crippen LogP contribution in [0.15, 0.2) is 0 Å². The van der Waals surface area contributed by atoms with Gasteiger partial charge in [0.25, 0.3) is 0 Å². The lowest BCUT2D eigenvalue weighted by molar-refractivity contribution is -0.213. The van der Waals surface area contributed by atoms with Gasteiger partial charge in [-0.05, 0) is 24.7 Å². The molecule has 94 valence electrons. The molecule has 1 atom stereocenters. The first-order valence-electron chi connectivity index (χ1n) is 5.85. The van der Waals surface area contributed by atoms with Crippen molar-refractivity contribution in [3.05, 3.63) is 0 Å². The van der Waals surface area contributed by atoms with Gasteiger partial charge in [-0.15, -0.1) is 0 Å². The zero-order valence-corrected chi connectivity index (χ0v) is 9.52. The third-order valence-corrected chi connectivity index (χ3v) is 3.86. The summed E-state index contributed by atoms with van der Waals surface area (Å²) in [5.74, 6) is 0. The molecule has 5 heteroatoms. The van der Waals surface area contributed by atoms with E-state index in [2.05, 4.69) is 6.92 Å². The van der Waals surface area contributed by atoms with Gasteiger partial charge in [0.2, 0.25) is 0 Å². The fourth-order valence-electron chi connectivity index (χ4n) is 2.36.